The molecule has 0 spiro atoms. The van der Waals surface area contributed by atoms with Crippen LogP contribution in [0, 0.1) is 5.41 Å². The first-order valence-electron chi connectivity index (χ1n) is 14.2. The van der Waals surface area contributed by atoms with Gasteiger partial charge in [-0.3, -0.25) is 4.79 Å². The van der Waals surface area contributed by atoms with Gasteiger partial charge in [-0.05, 0) is 61.8 Å². The van der Waals surface area contributed by atoms with E-state index in [1.165, 1.54) is 0 Å². The predicted octanol–water partition coefficient (Wildman–Crippen LogP) is 5.74. The third-order valence-corrected chi connectivity index (χ3v) is 9.94. The Labute approximate surface area is 252 Å². The van der Waals surface area contributed by atoms with Gasteiger partial charge < -0.3 is 18.8 Å². The van der Waals surface area contributed by atoms with Gasteiger partial charge in [0.15, 0.2) is 18.2 Å². The Morgan fingerprint density at radius 3 is 2.43 bits per heavy atom. The van der Waals surface area contributed by atoms with Gasteiger partial charge in [0.25, 0.3) is 0 Å². The van der Waals surface area contributed by atoms with Gasteiger partial charge in [-0.2, -0.15) is 0 Å². The maximum absolute atomic E-state index is 13.5. The summed E-state index contributed by atoms with van der Waals surface area (Å²) in [6, 6.07) is 5.72. The van der Waals surface area contributed by atoms with E-state index in [0.29, 0.717) is 54.0 Å². The molecule has 11 heteroatoms. The van der Waals surface area contributed by atoms with Crippen molar-refractivity contribution in [2.24, 2.45) is 5.41 Å². The van der Waals surface area contributed by atoms with Crippen molar-refractivity contribution < 1.29 is 27.4 Å². The fourth-order valence-corrected chi connectivity index (χ4v) is 6.43. The van der Waals surface area contributed by atoms with Crippen molar-refractivity contribution in [2.45, 2.75) is 53.7 Å². The molecule has 9 nitrogen and oxygen atoms in total. The number of fused-ring (bicyclic) bond motifs is 1. The quantitative estimate of drug-likeness (QED) is 0.113. The fourth-order valence-electron chi connectivity index (χ4n) is 4.40. The number of carbonyl (C=O) groups is 1. The number of rotatable bonds is 16. The Morgan fingerprint density at radius 2 is 1.79 bits per heavy atom. The second-order valence-corrected chi connectivity index (χ2v) is 19.4. The number of aromatic nitrogens is 3. The number of aryl methyl sites for hydroxylation is 1. The van der Waals surface area contributed by atoms with E-state index in [-0.39, 0.29) is 30.8 Å². The summed E-state index contributed by atoms with van der Waals surface area (Å²) in [7, 11) is -2.20. The third kappa shape index (κ3) is 9.79. The molecule has 0 aliphatic heterocycles. The van der Waals surface area contributed by atoms with Crippen molar-refractivity contribution >= 4 is 36.8 Å². The van der Waals surface area contributed by atoms with E-state index in [1.807, 2.05) is 50.5 Å². The summed E-state index contributed by atoms with van der Waals surface area (Å²) in [6.45, 7) is 8.52. The maximum atomic E-state index is 13.5. The Bertz CT molecular complexity index is 1470. The first-order valence-corrected chi connectivity index (χ1v) is 19.1. The average Bonchev–Trinajstić information content (AvgIpc) is 3.25. The van der Waals surface area contributed by atoms with Crippen molar-refractivity contribution in [3.63, 3.8) is 0 Å². The molecule has 3 aromatic rings. The Hall–Kier alpha value is -2.47. The molecule has 0 saturated heterocycles. The summed E-state index contributed by atoms with van der Waals surface area (Å²) < 4.78 is 43.1. The van der Waals surface area contributed by atoms with Crippen LogP contribution in [0.15, 0.2) is 30.6 Å². The third-order valence-electron chi connectivity index (χ3n) is 6.60. The summed E-state index contributed by atoms with van der Waals surface area (Å²) in [4.78, 5) is 23.1. The highest BCUT2D eigenvalue weighted by atomic mass is 32.3. The van der Waals surface area contributed by atoms with Crippen molar-refractivity contribution in [1.29, 1.82) is 0 Å². The molecule has 234 valence electrons. The first kappa shape index (κ1) is 34.0. The summed E-state index contributed by atoms with van der Waals surface area (Å²) in [6.07, 6.45) is 11.9. The normalized spacial score (nSPS) is 13.0. The molecule has 0 N–H and O–H groups in total. The number of hydrogen-bond donors (Lipinski definition) is 0. The van der Waals surface area contributed by atoms with Gasteiger partial charge in [0, 0.05) is 35.8 Å². The molecule has 0 unspecified atom stereocenters. The van der Waals surface area contributed by atoms with Crippen molar-refractivity contribution in [3.8, 4) is 17.0 Å². The molecule has 2 heterocycles. The maximum Gasteiger partial charge on any atom is 0.188 e. The van der Waals surface area contributed by atoms with Crippen LogP contribution >= 0.6 is 10.0 Å². The number of carbonyl (C=O) groups excluding carboxylic acids is 1. The highest BCUT2D eigenvalue weighted by Gasteiger charge is 2.28. The largest absolute Gasteiger partial charge is 0.468 e. The van der Waals surface area contributed by atoms with Crippen LogP contribution in [0.5, 0.6) is 5.75 Å². The van der Waals surface area contributed by atoms with Crippen LogP contribution in [0.2, 0.25) is 0 Å². The molecule has 0 aliphatic rings. The van der Waals surface area contributed by atoms with Gasteiger partial charge in [-0.1, -0.05) is 27.7 Å². The van der Waals surface area contributed by atoms with E-state index in [2.05, 4.69) is 18.8 Å². The van der Waals surface area contributed by atoms with Crippen LogP contribution in [0.1, 0.15) is 56.5 Å². The Kier molecular flexibility index (Phi) is 11.6. The topological polar surface area (TPSA) is 110 Å². The molecule has 0 bridgehead atoms. The van der Waals surface area contributed by atoms with Gasteiger partial charge in [-0.25, -0.2) is 28.4 Å². The molecule has 0 saturated carbocycles. The Morgan fingerprint density at radius 1 is 1.05 bits per heavy atom. The summed E-state index contributed by atoms with van der Waals surface area (Å²) in [5.41, 5.74) is 3.27. The van der Waals surface area contributed by atoms with Crippen LogP contribution in [-0.2, 0) is 32.5 Å². The lowest BCUT2D eigenvalue weighted by molar-refractivity contribution is 0.0511. The molecule has 0 aliphatic carbocycles. The number of hydrogen-bond acceptors (Lipinski definition) is 8. The van der Waals surface area contributed by atoms with Crippen molar-refractivity contribution in [1.82, 2.24) is 14.5 Å². The monoisotopic (exact) mass is 621 g/mol. The number of sulfone groups is 1. The molecule has 0 amide bonds. The van der Waals surface area contributed by atoms with E-state index in [4.69, 9.17) is 24.2 Å². The fraction of sp³-hybridized carbons (Fsp3) is 0.581. The molecular weight excluding hydrogens is 574 g/mol. The lowest BCUT2D eigenvalue weighted by Crippen LogP contribution is -2.20. The van der Waals surface area contributed by atoms with Crippen LogP contribution < -0.4 is 4.74 Å². The summed E-state index contributed by atoms with van der Waals surface area (Å²) >= 11 is 0. The lowest BCUT2D eigenvalue weighted by Gasteiger charge is -2.24. The van der Waals surface area contributed by atoms with Gasteiger partial charge in [0.2, 0.25) is 0 Å². The van der Waals surface area contributed by atoms with Crippen molar-refractivity contribution in [3.05, 3.63) is 41.7 Å². The van der Waals surface area contributed by atoms with Gasteiger partial charge in [0.05, 0.1) is 29.8 Å². The minimum Gasteiger partial charge on any atom is -0.468 e. The van der Waals surface area contributed by atoms with Crippen LogP contribution in [-0.4, -0.2) is 85.3 Å². The van der Waals surface area contributed by atoms with E-state index >= 15 is 0 Å². The second kappa shape index (κ2) is 14.3. The van der Waals surface area contributed by atoms with E-state index in [1.54, 1.807) is 19.5 Å². The van der Waals surface area contributed by atoms with Crippen LogP contribution in [0.25, 0.3) is 22.4 Å². The number of methoxy groups -OCH3 is 1. The van der Waals surface area contributed by atoms with Gasteiger partial charge in [-0.15, -0.1) is 0 Å². The Balaban J connectivity index is 1.99. The zero-order valence-electron chi connectivity index (χ0n) is 26.4. The zero-order valence-corrected chi connectivity index (χ0v) is 28.0. The SMILES string of the molecule is CCCS(=O)(=O)CCCc1cc(OCOC)cc(-c2cnc3c(n2)c(C(=O)C(C)(C)C)cn3COCCS(C)(C)C)c1. The molecule has 0 radical (unpaired) electrons. The molecule has 0 atom stereocenters. The number of ether oxygens (including phenoxy) is 3. The summed E-state index contributed by atoms with van der Waals surface area (Å²) in [5.74, 6) is 1.88. The average molecular weight is 622 g/mol. The minimum absolute atomic E-state index is 0.0250. The predicted molar refractivity (Wildman–Crippen MR) is 173 cm³/mol. The lowest BCUT2D eigenvalue weighted by atomic mass is 9.87. The van der Waals surface area contributed by atoms with Crippen LogP contribution in [0.4, 0.5) is 0 Å². The van der Waals surface area contributed by atoms with Crippen molar-refractivity contribution in [2.75, 3.05) is 56.5 Å². The van der Waals surface area contributed by atoms with Crippen LogP contribution in [0.3, 0.4) is 0 Å². The number of benzene rings is 1. The minimum atomic E-state index is -3.07. The van der Waals surface area contributed by atoms with Gasteiger partial charge in [0.1, 0.15) is 27.8 Å². The molecule has 1 aromatic carbocycles. The smallest absolute Gasteiger partial charge is 0.188 e. The van der Waals surface area contributed by atoms with E-state index in [9.17, 15) is 13.2 Å². The molecule has 3 rings (SSSR count). The zero-order chi connectivity index (χ0) is 31.1. The second-order valence-electron chi connectivity index (χ2n) is 12.5. The highest BCUT2D eigenvalue weighted by Crippen LogP contribution is 2.34. The van der Waals surface area contributed by atoms with E-state index in [0.717, 1.165) is 16.9 Å². The molecular formula is C31H47N3O6S2. The number of ketones is 1. The highest BCUT2D eigenvalue weighted by molar-refractivity contribution is 8.32. The first-order chi connectivity index (χ1) is 19.6. The molecule has 2 aromatic heterocycles. The molecule has 42 heavy (non-hydrogen) atoms. The molecule has 0 fully saturated rings. The number of Topliss-reactive ketones (excluding diaryl/α,β-unsaturated/α-hetero) is 1. The summed E-state index contributed by atoms with van der Waals surface area (Å²) in [5, 5.41) is 0. The number of nitrogens with zero attached hydrogens (tertiary/aromatic N) is 3. The standard InChI is InChI=1S/C31H47N3O6S2/c1-9-13-42(36,37)14-10-11-23-16-24(18-25(17-23)40-22-38-5)27-19-32-30-28(33-27)26(29(35)31(2,3)4)20-34(30)21-39-12-15-41(6,7)8/h16-20H,9-15,21-22H2,1-8H3. The van der Waals surface area contributed by atoms with Gasteiger partial charge >= 0.3 is 0 Å². The van der Waals surface area contributed by atoms with E-state index < -0.39 is 25.3 Å².